The van der Waals surface area contributed by atoms with E-state index in [0.29, 0.717) is 36.0 Å². The van der Waals surface area contributed by atoms with Gasteiger partial charge in [-0.15, -0.1) is 0 Å². The molecule has 11 atom stereocenters. The molecule has 4 aliphatic rings. The van der Waals surface area contributed by atoms with Gasteiger partial charge in [0.05, 0.1) is 18.3 Å². The number of aliphatic hydroxyl groups excluding tert-OH is 3. The van der Waals surface area contributed by atoms with Crippen molar-refractivity contribution in [2.24, 2.45) is 46.3 Å². The number of carbonyl (C=O) groups excluding carboxylic acids is 1. The molecular formula is C29H52N2O4. The number of carbonyl (C=O) groups is 1. The van der Waals surface area contributed by atoms with E-state index in [4.69, 9.17) is 0 Å². The van der Waals surface area contributed by atoms with Crippen LogP contribution in [0.2, 0.25) is 0 Å². The van der Waals surface area contributed by atoms with Crippen LogP contribution >= 0.6 is 0 Å². The highest BCUT2D eigenvalue weighted by Gasteiger charge is 2.65. The molecule has 4 saturated carbocycles. The average molecular weight is 493 g/mol. The molecule has 0 spiro atoms. The Kier molecular flexibility index (Phi) is 8.27. The lowest BCUT2D eigenvalue weighted by Crippen LogP contribution is -2.62. The van der Waals surface area contributed by atoms with Gasteiger partial charge in [0, 0.05) is 13.0 Å². The Hall–Kier alpha value is -0.690. The number of aliphatic hydroxyl groups is 3. The molecule has 0 saturated heterocycles. The van der Waals surface area contributed by atoms with E-state index in [-0.39, 0.29) is 41.0 Å². The second kappa shape index (κ2) is 10.6. The van der Waals surface area contributed by atoms with Gasteiger partial charge in [-0.3, -0.25) is 4.79 Å². The first-order valence-corrected chi connectivity index (χ1v) is 14.4. The van der Waals surface area contributed by atoms with Crippen molar-refractivity contribution in [3.63, 3.8) is 0 Å². The highest BCUT2D eigenvalue weighted by Crippen LogP contribution is 2.68. The van der Waals surface area contributed by atoms with Crippen molar-refractivity contribution in [3.05, 3.63) is 0 Å². The molecule has 0 aliphatic heterocycles. The van der Waals surface area contributed by atoms with Gasteiger partial charge in [0.1, 0.15) is 0 Å². The molecule has 1 unspecified atom stereocenters. The molecule has 0 radical (unpaired) electrons. The molecule has 4 N–H and O–H groups in total. The highest BCUT2D eigenvalue weighted by atomic mass is 16.3. The number of fused-ring (bicyclic) bond motifs is 5. The molecule has 6 heteroatoms. The number of rotatable bonds is 8. The SMILES string of the molecule is C[C@H](CCC(=O)NCCCN(C)C)[C@H]1CC[C@H]2[C@@H]3[C@H](O)CC4C[C@H](O)CC[C@]4(C)[C@H]3C[C@H](O)[C@]12C. The Labute approximate surface area is 213 Å². The van der Waals surface area contributed by atoms with Crippen LogP contribution in [0.25, 0.3) is 0 Å². The van der Waals surface area contributed by atoms with Crippen LogP contribution in [0.1, 0.15) is 85.0 Å². The molecule has 4 rings (SSSR count). The van der Waals surface area contributed by atoms with Gasteiger partial charge in [-0.1, -0.05) is 20.8 Å². The lowest BCUT2D eigenvalue weighted by atomic mass is 9.43. The van der Waals surface area contributed by atoms with Gasteiger partial charge >= 0.3 is 0 Å². The average Bonchev–Trinajstić information content (AvgIpc) is 3.15. The number of hydrogen-bond acceptors (Lipinski definition) is 5. The minimum atomic E-state index is -0.363. The lowest BCUT2D eigenvalue weighted by Gasteiger charge is -2.63. The first kappa shape index (κ1) is 27.3. The zero-order valence-electron chi connectivity index (χ0n) is 22.9. The largest absolute Gasteiger partial charge is 0.393 e. The van der Waals surface area contributed by atoms with E-state index in [1.54, 1.807) is 0 Å². The second-order valence-electron chi connectivity index (χ2n) is 13.5. The van der Waals surface area contributed by atoms with Gasteiger partial charge in [-0.2, -0.15) is 0 Å². The molecule has 1 amide bonds. The third kappa shape index (κ3) is 5.06. The van der Waals surface area contributed by atoms with Crippen molar-refractivity contribution in [1.29, 1.82) is 0 Å². The smallest absolute Gasteiger partial charge is 0.220 e. The molecule has 0 aromatic heterocycles. The fraction of sp³-hybridized carbons (Fsp3) is 0.966. The van der Waals surface area contributed by atoms with Gasteiger partial charge in [0.15, 0.2) is 0 Å². The quantitative estimate of drug-likeness (QED) is 0.390. The minimum absolute atomic E-state index is 0.111. The summed E-state index contributed by atoms with van der Waals surface area (Å²) in [5.74, 6) is 2.17. The molecule has 0 heterocycles. The van der Waals surface area contributed by atoms with Crippen molar-refractivity contribution < 1.29 is 20.1 Å². The van der Waals surface area contributed by atoms with E-state index in [2.05, 4.69) is 31.0 Å². The van der Waals surface area contributed by atoms with Crippen LogP contribution in [0.4, 0.5) is 0 Å². The first-order valence-electron chi connectivity index (χ1n) is 14.4. The summed E-state index contributed by atoms with van der Waals surface area (Å²) < 4.78 is 0. The predicted octanol–water partition coefficient (Wildman–Crippen LogP) is 3.43. The van der Waals surface area contributed by atoms with Gasteiger partial charge in [0.25, 0.3) is 0 Å². The molecular weight excluding hydrogens is 440 g/mol. The van der Waals surface area contributed by atoms with Gasteiger partial charge in [-0.25, -0.2) is 0 Å². The summed E-state index contributed by atoms with van der Waals surface area (Å²) in [4.78, 5) is 14.6. The molecule has 4 fully saturated rings. The number of amides is 1. The maximum Gasteiger partial charge on any atom is 0.220 e. The van der Waals surface area contributed by atoms with Gasteiger partial charge in [0.2, 0.25) is 5.91 Å². The Morgan fingerprint density at radius 2 is 1.80 bits per heavy atom. The standard InChI is InChI=1S/C29H52N2O4/c1-18(7-10-26(35)30-13-6-14-31(4)5)21-8-9-22-27-23(17-25(34)29(21,22)3)28(2)12-11-20(32)15-19(28)16-24(27)33/h18-25,27,32-34H,6-17H2,1-5H3,(H,30,35)/t18-,19?,20-,21-,22+,23+,24-,25+,27+,28+,29-/m1/s1. The maximum atomic E-state index is 12.4. The third-order valence-electron chi connectivity index (χ3n) is 11.5. The number of nitrogens with zero attached hydrogens (tertiary/aromatic N) is 1. The Balaban J connectivity index is 1.41. The number of hydrogen-bond donors (Lipinski definition) is 4. The zero-order valence-corrected chi connectivity index (χ0v) is 22.9. The molecule has 4 aliphatic carbocycles. The van der Waals surface area contributed by atoms with Crippen molar-refractivity contribution in [1.82, 2.24) is 10.2 Å². The van der Waals surface area contributed by atoms with Crippen LogP contribution in [0.3, 0.4) is 0 Å². The predicted molar refractivity (Wildman–Crippen MR) is 139 cm³/mol. The van der Waals surface area contributed by atoms with E-state index in [9.17, 15) is 20.1 Å². The third-order valence-corrected chi connectivity index (χ3v) is 11.5. The molecule has 6 nitrogen and oxygen atoms in total. The summed E-state index contributed by atoms with van der Waals surface area (Å²) in [6.45, 7) is 8.65. The zero-order chi connectivity index (χ0) is 25.5. The normalized spacial score (nSPS) is 46.0. The Morgan fingerprint density at radius 1 is 1.06 bits per heavy atom. The summed E-state index contributed by atoms with van der Waals surface area (Å²) in [6, 6.07) is 0. The van der Waals surface area contributed by atoms with Gasteiger partial charge in [-0.05, 0) is 125 Å². The van der Waals surface area contributed by atoms with Crippen molar-refractivity contribution in [2.75, 3.05) is 27.2 Å². The topological polar surface area (TPSA) is 93.0 Å². The minimum Gasteiger partial charge on any atom is -0.393 e. The van der Waals surface area contributed by atoms with E-state index < -0.39 is 0 Å². The lowest BCUT2D eigenvalue weighted by molar-refractivity contribution is -0.207. The molecule has 0 aromatic rings. The van der Waals surface area contributed by atoms with Crippen LogP contribution in [0, 0.1) is 46.3 Å². The Morgan fingerprint density at radius 3 is 2.51 bits per heavy atom. The Bertz CT molecular complexity index is 746. The second-order valence-corrected chi connectivity index (χ2v) is 13.5. The van der Waals surface area contributed by atoms with Crippen molar-refractivity contribution >= 4 is 5.91 Å². The van der Waals surface area contributed by atoms with E-state index in [0.717, 1.165) is 70.9 Å². The fourth-order valence-corrected chi connectivity index (χ4v) is 9.40. The molecule has 0 bridgehead atoms. The summed E-state index contributed by atoms with van der Waals surface area (Å²) in [6.07, 6.45) is 7.81. The molecule has 202 valence electrons. The summed E-state index contributed by atoms with van der Waals surface area (Å²) in [5, 5.41) is 36.5. The van der Waals surface area contributed by atoms with Crippen LogP contribution in [0.5, 0.6) is 0 Å². The maximum absolute atomic E-state index is 12.4. The summed E-state index contributed by atoms with van der Waals surface area (Å²) in [5.41, 5.74) is -0.0824. The summed E-state index contributed by atoms with van der Waals surface area (Å²) >= 11 is 0. The van der Waals surface area contributed by atoms with Crippen LogP contribution in [0.15, 0.2) is 0 Å². The van der Waals surface area contributed by atoms with Crippen LogP contribution in [-0.4, -0.2) is 71.6 Å². The monoisotopic (exact) mass is 492 g/mol. The van der Waals surface area contributed by atoms with E-state index >= 15 is 0 Å². The number of nitrogens with one attached hydrogen (secondary N) is 1. The van der Waals surface area contributed by atoms with Crippen LogP contribution in [-0.2, 0) is 4.79 Å². The van der Waals surface area contributed by atoms with Gasteiger partial charge < -0.3 is 25.5 Å². The molecule has 0 aromatic carbocycles. The highest BCUT2D eigenvalue weighted by molar-refractivity contribution is 5.75. The fourth-order valence-electron chi connectivity index (χ4n) is 9.40. The van der Waals surface area contributed by atoms with E-state index in [1.807, 2.05) is 14.1 Å². The van der Waals surface area contributed by atoms with Crippen LogP contribution < -0.4 is 5.32 Å². The first-order chi connectivity index (χ1) is 16.5. The van der Waals surface area contributed by atoms with E-state index in [1.165, 1.54) is 0 Å². The summed E-state index contributed by atoms with van der Waals surface area (Å²) in [7, 11) is 4.09. The van der Waals surface area contributed by atoms with Crippen molar-refractivity contribution in [3.8, 4) is 0 Å². The van der Waals surface area contributed by atoms with Crippen molar-refractivity contribution in [2.45, 2.75) is 103 Å². The molecule has 35 heavy (non-hydrogen) atoms.